The second-order valence-corrected chi connectivity index (χ2v) is 13.6. The minimum atomic E-state index is -0.722. The number of aliphatic hydroxyl groups is 3. The Labute approximate surface area is 354 Å². The topological polar surface area (TPSA) is 107 Å². The monoisotopic (exact) mass is 820 g/mol. The van der Waals surface area contributed by atoms with Gasteiger partial charge >= 0.3 is 0 Å². The lowest BCUT2D eigenvalue weighted by Gasteiger charge is -2.36. The molecule has 6 aromatic carbocycles. The Hall–Kier alpha value is -4.71. The third-order valence-electron chi connectivity index (χ3n) is 9.05. The van der Waals surface area contributed by atoms with Crippen LogP contribution in [0.25, 0.3) is 0 Å². The summed E-state index contributed by atoms with van der Waals surface area (Å²) in [6.45, 7) is 3.90. The lowest BCUT2D eigenvalue weighted by molar-refractivity contribution is -0.0349. The predicted octanol–water partition coefficient (Wildman–Crippen LogP) is 8.24. The minimum absolute atomic E-state index is 0.0247. The van der Waals surface area contributed by atoms with Crippen molar-refractivity contribution >= 4 is 11.6 Å². The third-order valence-corrected chi connectivity index (χ3v) is 9.71. The molecule has 0 aromatic heterocycles. The van der Waals surface area contributed by atoms with Gasteiger partial charge in [-0.25, -0.2) is 0 Å². The highest BCUT2D eigenvalue weighted by atomic mass is 35.5. The van der Waals surface area contributed by atoms with Gasteiger partial charge in [-0.3, -0.25) is 0 Å². The zero-order valence-corrected chi connectivity index (χ0v) is 34.3. The van der Waals surface area contributed by atoms with E-state index in [2.05, 4.69) is 72.8 Å². The van der Waals surface area contributed by atoms with Crippen molar-refractivity contribution in [2.75, 3.05) is 79.3 Å². The first kappa shape index (κ1) is 47.0. The number of halogens is 1. The van der Waals surface area contributed by atoms with E-state index in [0.29, 0.717) is 59.5 Å². The van der Waals surface area contributed by atoms with Crippen molar-refractivity contribution in [2.24, 2.45) is 0 Å². The second kappa shape index (κ2) is 27.9. The molecule has 0 amide bonds. The molecule has 0 aliphatic heterocycles. The summed E-state index contributed by atoms with van der Waals surface area (Å²) < 4.78 is 27.2. The van der Waals surface area contributed by atoms with E-state index in [0.717, 1.165) is 33.4 Å². The van der Waals surface area contributed by atoms with Crippen molar-refractivity contribution in [3.63, 3.8) is 0 Å². The molecular weight excluding hydrogens is 764 g/mol. The second-order valence-electron chi connectivity index (χ2n) is 13.0. The summed E-state index contributed by atoms with van der Waals surface area (Å²) in [7, 11) is 0. The lowest BCUT2D eigenvalue weighted by Crippen LogP contribution is -2.34. The van der Waals surface area contributed by atoms with Crippen molar-refractivity contribution in [1.29, 1.82) is 0 Å². The smallest absolute Gasteiger partial charge is 0.143 e. The fraction of sp³-hybridized carbons (Fsp3) is 0.280. The van der Waals surface area contributed by atoms with Crippen LogP contribution in [0, 0.1) is 0 Å². The molecule has 0 aliphatic rings. The average Bonchev–Trinajstić information content (AvgIpc) is 3.32. The van der Waals surface area contributed by atoms with Crippen LogP contribution in [0.2, 0.25) is 0 Å². The number of hydrogen-bond acceptors (Lipinski definition) is 8. The summed E-state index contributed by atoms with van der Waals surface area (Å²) >= 11 is 7.12. The standard InChI is InChI=1S/C25H28O4.C19H15Cl.C6H14O4/c26-16-17-27-18-19-28-20-21-29-25(22-10-4-1-5-11-22,23-12-6-2-7-13-23)24-14-8-3-9-15-24;20-19(16-10-4-1-5-11-16,17-12-6-2-7-13-17)18-14-8-3-9-15-18;7-1-3-9-5-6-10-4-2-8/h1-15,26H,16-21H2;1-15H;7-8H,1-6H2. The quantitative estimate of drug-likeness (QED) is 0.0358. The third kappa shape index (κ3) is 14.8. The van der Waals surface area contributed by atoms with Crippen LogP contribution in [-0.4, -0.2) is 94.6 Å². The molecule has 0 atom stereocenters. The predicted molar refractivity (Wildman–Crippen MR) is 235 cm³/mol. The molecule has 0 heterocycles. The van der Waals surface area contributed by atoms with Crippen molar-refractivity contribution in [1.82, 2.24) is 0 Å². The van der Waals surface area contributed by atoms with Crippen LogP contribution < -0.4 is 0 Å². The zero-order valence-electron chi connectivity index (χ0n) is 33.6. The number of aliphatic hydroxyl groups excluding tert-OH is 3. The molecule has 0 unspecified atom stereocenters. The Kier molecular flexibility index (Phi) is 22.2. The fourth-order valence-corrected chi connectivity index (χ4v) is 6.74. The van der Waals surface area contributed by atoms with Crippen LogP contribution in [0.15, 0.2) is 182 Å². The molecule has 312 valence electrons. The van der Waals surface area contributed by atoms with E-state index in [1.165, 1.54) is 0 Å². The highest BCUT2D eigenvalue weighted by Gasteiger charge is 2.37. The van der Waals surface area contributed by atoms with Crippen LogP contribution in [-0.2, 0) is 34.2 Å². The molecule has 3 N–H and O–H groups in total. The van der Waals surface area contributed by atoms with Crippen molar-refractivity contribution < 1.29 is 39.0 Å². The number of ether oxygens (including phenoxy) is 5. The highest BCUT2D eigenvalue weighted by Crippen LogP contribution is 2.43. The van der Waals surface area contributed by atoms with Crippen molar-refractivity contribution in [2.45, 2.75) is 10.5 Å². The van der Waals surface area contributed by atoms with Gasteiger partial charge in [0.2, 0.25) is 0 Å². The Bertz CT molecular complexity index is 1690. The van der Waals surface area contributed by atoms with Gasteiger partial charge in [-0.05, 0) is 33.4 Å². The first-order valence-corrected chi connectivity index (χ1v) is 20.3. The van der Waals surface area contributed by atoms with Gasteiger partial charge in [0, 0.05) is 0 Å². The number of benzene rings is 6. The Morgan fingerprint density at radius 2 is 0.525 bits per heavy atom. The SMILES string of the molecule is ClC(c1ccccc1)(c1ccccc1)c1ccccc1.OCCOCCOCCO.OCCOCCOCCOC(c1ccccc1)(c1ccccc1)c1ccccc1. The van der Waals surface area contributed by atoms with E-state index in [4.69, 9.17) is 50.6 Å². The Morgan fingerprint density at radius 3 is 0.780 bits per heavy atom. The molecule has 0 aliphatic carbocycles. The fourth-order valence-electron chi connectivity index (χ4n) is 6.36. The van der Waals surface area contributed by atoms with Crippen LogP contribution >= 0.6 is 11.6 Å². The Balaban J connectivity index is 0.000000221. The van der Waals surface area contributed by atoms with E-state index in [1.807, 2.05) is 109 Å². The average molecular weight is 821 g/mol. The van der Waals surface area contributed by atoms with Gasteiger partial charge in [-0.1, -0.05) is 182 Å². The van der Waals surface area contributed by atoms with E-state index in [-0.39, 0.29) is 19.8 Å². The molecule has 8 nitrogen and oxygen atoms in total. The molecule has 0 saturated heterocycles. The normalized spacial score (nSPS) is 11.2. The largest absolute Gasteiger partial charge is 0.394 e. The van der Waals surface area contributed by atoms with E-state index in [9.17, 15) is 0 Å². The molecular formula is C50H57ClO8. The summed E-state index contributed by atoms with van der Waals surface area (Å²) in [5, 5.41) is 25.3. The van der Waals surface area contributed by atoms with Crippen LogP contribution in [0.5, 0.6) is 0 Å². The summed E-state index contributed by atoms with van der Waals surface area (Å²) in [6, 6.07) is 61.5. The molecule has 6 rings (SSSR count). The molecule has 0 bridgehead atoms. The van der Waals surface area contributed by atoms with E-state index in [1.54, 1.807) is 0 Å². The number of hydrogen-bond donors (Lipinski definition) is 3. The maximum absolute atomic E-state index is 8.74. The van der Waals surface area contributed by atoms with Gasteiger partial charge in [0.1, 0.15) is 10.5 Å². The summed E-state index contributed by atoms with van der Waals surface area (Å²) in [4.78, 5) is -0.649. The van der Waals surface area contributed by atoms with E-state index < -0.39 is 10.5 Å². The van der Waals surface area contributed by atoms with Crippen molar-refractivity contribution in [3.8, 4) is 0 Å². The maximum Gasteiger partial charge on any atom is 0.143 e. The highest BCUT2D eigenvalue weighted by molar-refractivity contribution is 6.28. The molecule has 9 heteroatoms. The maximum atomic E-state index is 8.74. The number of rotatable bonds is 22. The molecule has 6 aromatic rings. The molecule has 0 radical (unpaired) electrons. The van der Waals surface area contributed by atoms with Crippen LogP contribution in [0.3, 0.4) is 0 Å². The van der Waals surface area contributed by atoms with Crippen LogP contribution in [0.4, 0.5) is 0 Å². The van der Waals surface area contributed by atoms with Gasteiger partial charge in [0.15, 0.2) is 0 Å². The first-order valence-electron chi connectivity index (χ1n) is 19.9. The minimum Gasteiger partial charge on any atom is -0.394 e. The van der Waals surface area contributed by atoms with Gasteiger partial charge in [0.05, 0.1) is 79.3 Å². The molecule has 59 heavy (non-hydrogen) atoms. The molecule has 0 spiro atoms. The first-order chi connectivity index (χ1) is 29.1. The summed E-state index contributed by atoms with van der Waals surface area (Å²) in [6.07, 6.45) is 0. The van der Waals surface area contributed by atoms with Gasteiger partial charge in [0.25, 0.3) is 0 Å². The Morgan fingerprint density at radius 1 is 0.305 bits per heavy atom. The lowest BCUT2D eigenvalue weighted by atomic mass is 9.80. The van der Waals surface area contributed by atoms with E-state index >= 15 is 0 Å². The molecule has 0 fully saturated rings. The zero-order chi connectivity index (χ0) is 41.7. The van der Waals surface area contributed by atoms with Crippen LogP contribution in [0.1, 0.15) is 33.4 Å². The molecule has 0 saturated carbocycles. The van der Waals surface area contributed by atoms with Gasteiger partial charge < -0.3 is 39.0 Å². The van der Waals surface area contributed by atoms with Gasteiger partial charge in [-0.2, -0.15) is 0 Å². The number of alkyl halides is 1. The van der Waals surface area contributed by atoms with Gasteiger partial charge in [-0.15, -0.1) is 11.6 Å². The summed E-state index contributed by atoms with van der Waals surface area (Å²) in [5.41, 5.74) is 5.74. The van der Waals surface area contributed by atoms with Crippen molar-refractivity contribution in [3.05, 3.63) is 215 Å². The summed E-state index contributed by atoms with van der Waals surface area (Å²) in [5.74, 6) is 0.